The Morgan fingerprint density at radius 2 is 2.31 bits per heavy atom. The maximum atomic E-state index is 13.8. The monoisotopic (exact) mass is 224 g/mol. The molecule has 0 spiro atoms. The van der Waals surface area contributed by atoms with Crippen molar-refractivity contribution in [2.45, 2.75) is 25.3 Å². The van der Waals surface area contributed by atoms with Gasteiger partial charge in [-0.05, 0) is 24.5 Å². The highest BCUT2D eigenvalue weighted by atomic mass is 19.1. The van der Waals surface area contributed by atoms with Crippen molar-refractivity contribution in [3.8, 4) is 5.75 Å². The van der Waals surface area contributed by atoms with Crippen molar-refractivity contribution < 1.29 is 9.13 Å². The third-order valence-electron chi connectivity index (χ3n) is 3.05. The quantitative estimate of drug-likeness (QED) is 0.595. The van der Waals surface area contributed by atoms with Gasteiger partial charge >= 0.3 is 0 Å². The van der Waals surface area contributed by atoms with Crippen LogP contribution in [0.1, 0.15) is 30.9 Å². The number of hydrazine groups is 1. The van der Waals surface area contributed by atoms with Crippen molar-refractivity contribution in [1.82, 2.24) is 5.43 Å². The molecule has 0 aromatic heterocycles. The summed E-state index contributed by atoms with van der Waals surface area (Å²) in [5, 5.41) is 0. The lowest BCUT2D eigenvalue weighted by molar-refractivity contribution is 0.382. The van der Waals surface area contributed by atoms with E-state index in [0.717, 1.165) is 6.42 Å². The molecule has 1 unspecified atom stereocenters. The van der Waals surface area contributed by atoms with Crippen LogP contribution in [0.4, 0.5) is 4.39 Å². The maximum absolute atomic E-state index is 13.8. The van der Waals surface area contributed by atoms with Crippen LogP contribution >= 0.6 is 0 Å². The molecule has 0 saturated heterocycles. The molecule has 0 aliphatic heterocycles. The molecule has 0 bridgehead atoms. The van der Waals surface area contributed by atoms with Gasteiger partial charge in [-0.25, -0.2) is 4.39 Å². The van der Waals surface area contributed by atoms with Gasteiger partial charge in [-0.2, -0.15) is 0 Å². The molecule has 3 nitrogen and oxygen atoms in total. The summed E-state index contributed by atoms with van der Waals surface area (Å²) in [6.45, 7) is 0. The van der Waals surface area contributed by atoms with E-state index in [9.17, 15) is 4.39 Å². The summed E-state index contributed by atoms with van der Waals surface area (Å²) in [5.41, 5.74) is 3.23. The highest BCUT2D eigenvalue weighted by Gasteiger charge is 2.28. The van der Waals surface area contributed by atoms with Gasteiger partial charge in [0.05, 0.1) is 13.2 Å². The zero-order valence-corrected chi connectivity index (χ0v) is 9.37. The molecule has 88 valence electrons. The minimum absolute atomic E-state index is 0.163. The van der Waals surface area contributed by atoms with Gasteiger partial charge in [-0.1, -0.05) is 18.9 Å². The molecular formula is C12H17FN2O. The van der Waals surface area contributed by atoms with Crippen LogP contribution in [0.3, 0.4) is 0 Å². The normalized spacial score (nSPS) is 17.2. The van der Waals surface area contributed by atoms with E-state index in [1.54, 1.807) is 19.2 Å². The Morgan fingerprint density at radius 3 is 2.88 bits per heavy atom. The van der Waals surface area contributed by atoms with E-state index in [-0.39, 0.29) is 11.9 Å². The first-order valence-corrected chi connectivity index (χ1v) is 5.54. The van der Waals surface area contributed by atoms with Gasteiger partial charge in [-0.3, -0.25) is 11.3 Å². The van der Waals surface area contributed by atoms with E-state index >= 15 is 0 Å². The second-order valence-electron chi connectivity index (χ2n) is 4.25. The minimum atomic E-state index is -0.261. The number of benzene rings is 1. The molecule has 0 amide bonds. The molecule has 0 radical (unpaired) electrons. The topological polar surface area (TPSA) is 47.3 Å². The van der Waals surface area contributed by atoms with E-state index in [1.807, 2.05) is 0 Å². The van der Waals surface area contributed by atoms with Crippen molar-refractivity contribution in [3.63, 3.8) is 0 Å². The van der Waals surface area contributed by atoms with Crippen molar-refractivity contribution in [3.05, 3.63) is 29.6 Å². The summed E-state index contributed by atoms with van der Waals surface area (Å²) in [7, 11) is 1.54. The fraction of sp³-hybridized carbons (Fsp3) is 0.500. The summed E-state index contributed by atoms with van der Waals surface area (Å²) in [4.78, 5) is 0. The third kappa shape index (κ3) is 2.33. The first-order valence-electron chi connectivity index (χ1n) is 5.54. The molecule has 16 heavy (non-hydrogen) atoms. The standard InChI is InChI=1S/C12H17FN2O/c1-16-11-4-2-3-9(13)12(11)10(15-14)7-8-5-6-8/h2-4,8,10,15H,5-7,14H2,1H3. The van der Waals surface area contributed by atoms with E-state index in [2.05, 4.69) is 5.43 Å². The predicted molar refractivity (Wildman–Crippen MR) is 60.4 cm³/mol. The predicted octanol–water partition coefficient (Wildman–Crippen LogP) is 2.14. The van der Waals surface area contributed by atoms with E-state index in [1.165, 1.54) is 18.9 Å². The Kier molecular flexibility index (Phi) is 3.41. The van der Waals surface area contributed by atoms with Crippen molar-refractivity contribution >= 4 is 0 Å². The number of hydrogen-bond donors (Lipinski definition) is 2. The average molecular weight is 224 g/mol. The summed E-state index contributed by atoms with van der Waals surface area (Å²) in [5.74, 6) is 6.47. The van der Waals surface area contributed by atoms with Crippen molar-refractivity contribution in [1.29, 1.82) is 0 Å². The Morgan fingerprint density at radius 1 is 1.56 bits per heavy atom. The van der Waals surface area contributed by atoms with Crippen LogP contribution in [0.15, 0.2) is 18.2 Å². The van der Waals surface area contributed by atoms with Crippen LogP contribution in [-0.4, -0.2) is 7.11 Å². The number of rotatable bonds is 5. The van der Waals surface area contributed by atoms with Gasteiger partial charge in [-0.15, -0.1) is 0 Å². The Hall–Kier alpha value is -1.13. The van der Waals surface area contributed by atoms with Crippen molar-refractivity contribution in [2.75, 3.05) is 7.11 Å². The fourth-order valence-corrected chi connectivity index (χ4v) is 1.99. The molecule has 1 aliphatic rings. The van der Waals surface area contributed by atoms with Crippen LogP contribution in [0.25, 0.3) is 0 Å². The second-order valence-corrected chi connectivity index (χ2v) is 4.25. The number of ether oxygens (including phenoxy) is 1. The highest BCUT2D eigenvalue weighted by Crippen LogP contribution is 2.40. The SMILES string of the molecule is COc1cccc(F)c1C(CC1CC1)NN. The molecule has 0 heterocycles. The van der Waals surface area contributed by atoms with Gasteiger partial charge in [0.15, 0.2) is 0 Å². The summed E-state index contributed by atoms with van der Waals surface area (Å²) < 4.78 is 18.9. The lowest BCUT2D eigenvalue weighted by Crippen LogP contribution is -2.29. The summed E-state index contributed by atoms with van der Waals surface area (Å²) in [6.07, 6.45) is 3.30. The Labute approximate surface area is 94.8 Å². The van der Waals surface area contributed by atoms with Crippen molar-refractivity contribution in [2.24, 2.45) is 11.8 Å². The van der Waals surface area contributed by atoms with Crippen LogP contribution in [0.5, 0.6) is 5.75 Å². The van der Waals surface area contributed by atoms with Gasteiger partial charge in [0, 0.05) is 5.56 Å². The smallest absolute Gasteiger partial charge is 0.131 e. The minimum Gasteiger partial charge on any atom is -0.496 e. The lowest BCUT2D eigenvalue weighted by atomic mass is 10.00. The van der Waals surface area contributed by atoms with Gasteiger partial charge in [0.25, 0.3) is 0 Å². The zero-order valence-electron chi connectivity index (χ0n) is 9.37. The van der Waals surface area contributed by atoms with Gasteiger partial charge < -0.3 is 4.74 Å². The molecule has 1 aromatic carbocycles. The first kappa shape index (κ1) is 11.4. The zero-order chi connectivity index (χ0) is 11.5. The van der Waals surface area contributed by atoms with Crippen LogP contribution in [-0.2, 0) is 0 Å². The third-order valence-corrected chi connectivity index (χ3v) is 3.05. The molecule has 1 aromatic rings. The molecule has 1 atom stereocenters. The fourth-order valence-electron chi connectivity index (χ4n) is 1.99. The number of methoxy groups -OCH3 is 1. The van der Waals surface area contributed by atoms with Crippen LogP contribution in [0.2, 0.25) is 0 Å². The second kappa shape index (κ2) is 4.80. The van der Waals surface area contributed by atoms with Gasteiger partial charge in [0.1, 0.15) is 11.6 Å². The highest BCUT2D eigenvalue weighted by molar-refractivity contribution is 5.37. The molecule has 1 fully saturated rings. The number of halogens is 1. The first-order chi connectivity index (χ1) is 7.76. The van der Waals surface area contributed by atoms with E-state index in [4.69, 9.17) is 10.6 Å². The maximum Gasteiger partial charge on any atom is 0.131 e. The van der Waals surface area contributed by atoms with E-state index < -0.39 is 0 Å². The molecule has 1 saturated carbocycles. The molecule has 2 rings (SSSR count). The van der Waals surface area contributed by atoms with Gasteiger partial charge in [0.2, 0.25) is 0 Å². The van der Waals surface area contributed by atoms with Crippen LogP contribution in [0, 0.1) is 11.7 Å². The Bertz CT molecular complexity index is 366. The molecular weight excluding hydrogens is 207 g/mol. The molecule has 1 aliphatic carbocycles. The number of nitrogens with one attached hydrogen (secondary N) is 1. The number of nitrogens with two attached hydrogens (primary N) is 1. The Balaban J connectivity index is 2.26. The summed E-state index contributed by atoms with van der Waals surface area (Å²) >= 11 is 0. The van der Waals surface area contributed by atoms with Crippen LogP contribution < -0.4 is 16.0 Å². The molecule has 3 N–H and O–H groups in total. The average Bonchev–Trinajstić information content (AvgIpc) is 3.10. The summed E-state index contributed by atoms with van der Waals surface area (Å²) in [6, 6.07) is 4.68. The largest absolute Gasteiger partial charge is 0.496 e. The molecule has 4 heteroatoms. The van der Waals surface area contributed by atoms with E-state index in [0.29, 0.717) is 17.2 Å². The lowest BCUT2D eigenvalue weighted by Gasteiger charge is -2.19. The number of hydrogen-bond acceptors (Lipinski definition) is 3.